The molecule has 0 bridgehead atoms. The van der Waals surface area contributed by atoms with Gasteiger partial charge in [-0.3, -0.25) is 0 Å². The van der Waals surface area contributed by atoms with Gasteiger partial charge in [-0.1, -0.05) is 84.2 Å². The largest absolute Gasteiger partial charge is 0.0654 e. The molecule has 0 saturated heterocycles. The number of unbranched alkanes of at least 4 members (excludes halogenated alkanes) is 6. The SMILES string of the molecule is CCCCCCc1cc(Br)c(CCCCCC)cc1Br. The van der Waals surface area contributed by atoms with E-state index in [0.717, 1.165) is 0 Å². The summed E-state index contributed by atoms with van der Waals surface area (Å²) >= 11 is 7.50. The normalized spacial score (nSPS) is 11.0. The molecular weight excluding hydrogens is 376 g/mol. The second kappa shape index (κ2) is 10.8. The van der Waals surface area contributed by atoms with Gasteiger partial charge >= 0.3 is 0 Å². The highest BCUT2D eigenvalue weighted by atomic mass is 79.9. The molecule has 0 aliphatic carbocycles. The monoisotopic (exact) mass is 402 g/mol. The van der Waals surface area contributed by atoms with Gasteiger partial charge in [-0.05, 0) is 48.9 Å². The zero-order valence-corrected chi connectivity index (χ0v) is 16.2. The smallest absolute Gasteiger partial charge is 0.0210 e. The molecule has 0 radical (unpaired) electrons. The topological polar surface area (TPSA) is 0 Å². The molecule has 0 spiro atoms. The van der Waals surface area contributed by atoms with E-state index < -0.39 is 0 Å². The fourth-order valence-corrected chi connectivity index (χ4v) is 3.67. The minimum atomic E-state index is 1.19. The first-order chi connectivity index (χ1) is 9.69. The van der Waals surface area contributed by atoms with E-state index in [1.165, 1.54) is 84.3 Å². The molecule has 0 N–H and O–H groups in total. The first-order valence-electron chi connectivity index (χ1n) is 8.15. The van der Waals surface area contributed by atoms with Crippen LogP contribution in [0.1, 0.15) is 76.3 Å². The van der Waals surface area contributed by atoms with Crippen LogP contribution in [-0.4, -0.2) is 0 Å². The second-order valence-electron chi connectivity index (χ2n) is 5.66. The molecular formula is C18H28Br2. The van der Waals surface area contributed by atoms with Gasteiger partial charge in [0, 0.05) is 8.95 Å². The van der Waals surface area contributed by atoms with E-state index in [1.54, 1.807) is 0 Å². The molecule has 2 heteroatoms. The Morgan fingerprint density at radius 1 is 0.650 bits per heavy atom. The molecule has 1 aromatic carbocycles. The van der Waals surface area contributed by atoms with E-state index in [0.29, 0.717) is 0 Å². The maximum Gasteiger partial charge on any atom is 0.0210 e. The van der Waals surface area contributed by atoms with Crippen LogP contribution in [0.4, 0.5) is 0 Å². The lowest BCUT2D eigenvalue weighted by Crippen LogP contribution is -1.93. The number of hydrogen-bond acceptors (Lipinski definition) is 0. The number of benzene rings is 1. The number of aryl methyl sites for hydroxylation is 2. The van der Waals surface area contributed by atoms with Crippen LogP contribution in [0.2, 0.25) is 0 Å². The van der Waals surface area contributed by atoms with E-state index in [2.05, 4.69) is 57.8 Å². The van der Waals surface area contributed by atoms with Gasteiger partial charge in [0.25, 0.3) is 0 Å². The predicted octanol–water partition coefficient (Wildman–Crippen LogP) is 7.46. The molecule has 0 amide bonds. The molecule has 0 heterocycles. The summed E-state index contributed by atoms with van der Waals surface area (Å²) in [6.45, 7) is 4.53. The van der Waals surface area contributed by atoms with Crippen molar-refractivity contribution in [2.24, 2.45) is 0 Å². The quantitative estimate of drug-likeness (QED) is 0.355. The fraction of sp³-hybridized carbons (Fsp3) is 0.667. The molecule has 0 aliphatic heterocycles. The molecule has 0 aliphatic rings. The second-order valence-corrected chi connectivity index (χ2v) is 7.37. The van der Waals surface area contributed by atoms with Crippen molar-refractivity contribution in [3.8, 4) is 0 Å². The first kappa shape index (κ1) is 18.2. The molecule has 1 aromatic rings. The third kappa shape index (κ3) is 6.76. The molecule has 0 nitrogen and oxygen atoms in total. The summed E-state index contributed by atoms with van der Waals surface area (Å²) < 4.78 is 2.59. The number of hydrogen-bond donors (Lipinski definition) is 0. The summed E-state index contributed by atoms with van der Waals surface area (Å²) in [6.07, 6.45) is 13.0. The highest BCUT2D eigenvalue weighted by Crippen LogP contribution is 2.28. The van der Waals surface area contributed by atoms with Crippen LogP contribution in [0.25, 0.3) is 0 Å². The summed E-state index contributed by atoms with van der Waals surface area (Å²) in [5.74, 6) is 0. The molecule has 0 saturated carbocycles. The molecule has 0 aromatic heterocycles. The maximum atomic E-state index is 3.75. The van der Waals surface area contributed by atoms with Crippen molar-refractivity contribution in [2.75, 3.05) is 0 Å². The van der Waals surface area contributed by atoms with E-state index >= 15 is 0 Å². The minimum absolute atomic E-state index is 1.19. The summed E-state index contributed by atoms with van der Waals surface area (Å²) in [4.78, 5) is 0. The lowest BCUT2D eigenvalue weighted by Gasteiger charge is -2.10. The van der Waals surface area contributed by atoms with Gasteiger partial charge in [-0.25, -0.2) is 0 Å². The van der Waals surface area contributed by atoms with Gasteiger partial charge in [-0.2, -0.15) is 0 Å². The van der Waals surface area contributed by atoms with Crippen LogP contribution < -0.4 is 0 Å². The molecule has 0 atom stereocenters. The van der Waals surface area contributed by atoms with Gasteiger partial charge in [0.05, 0.1) is 0 Å². The lowest BCUT2D eigenvalue weighted by atomic mass is 10.0. The van der Waals surface area contributed by atoms with Crippen molar-refractivity contribution in [3.63, 3.8) is 0 Å². The van der Waals surface area contributed by atoms with Crippen molar-refractivity contribution in [1.82, 2.24) is 0 Å². The van der Waals surface area contributed by atoms with Gasteiger partial charge in [0.2, 0.25) is 0 Å². The van der Waals surface area contributed by atoms with E-state index in [-0.39, 0.29) is 0 Å². The Balaban J connectivity index is 2.52. The average Bonchev–Trinajstić information content (AvgIpc) is 2.44. The van der Waals surface area contributed by atoms with Crippen LogP contribution in [0, 0.1) is 0 Å². The summed E-state index contributed by atoms with van der Waals surface area (Å²) in [6, 6.07) is 4.65. The molecule has 114 valence electrons. The zero-order chi connectivity index (χ0) is 14.8. The van der Waals surface area contributed by atoms with Crippen LogP contribution in [-0.2, 0) is 12.8 Å². The van der Waals surface area contributed by atoms with E-state index in [9.17, 15) is 0 Å². The molecule has 1 rings (SSSR count). The lowest BCUT2D eigenvalue weighted by molar-refractivity contribution is 0.662. The van der Waals surface area contributed by atoms with Crippen LogP contribution in [0.3, 0.4) is 0 Å². The van der Waals surface area contributed by atoms with E-state index in [1.807, 2.05) is 0 Å². The Bertz CT molecular complexity index is 347. The van der Waals surface area contributed by atoms with Crippen molar-refractivity contribution in [3.05, 3.63) is 32.2 Å². The Morgan fingerprint density at radius 3 is 1.40 bits per heavy atom. The summed E-state index contributed by atoms with van der Waals surface area (Å²) in [5.41, 5.74) is 2.90. The molecule has 20 heavy (non-hydrogen) atoms. The summed E-state index contributed by atoms with van der Waals surface area (Å²) in [5, 5.41) is 0. The Kier molecular flexibility index (Phi) is 9.88. The third-order valence-corrected chi connectivity index (χ3v) is 5.29. The molecule has 0 fully saturated rings. The standard InChI is InChI=1S/C18H28Br2/c1-3-5-7-9-11-15-13-18(20)16(14-17(15)19)12-10-8-6-4-2/h13-14H,3-12H2,1-2H3. The van der Waals surface area contributed by atoms with Crippen molar-refractivity contribution in [2.45, 2.75) is 78.1 Å². The molecule has 0 unspecified atom stereocenters. The highest BCUT2D eigenvalue weighted by molar-refractivity contribution is 9.11. The zero-order valence-electron chi connectivity index (χ0n) is 13.0. The van der Waals surface area contributed by atoms with Crippen LogP contribution in [0.5, 0.6) is 0 Å². The Morgan fingerprint density at radius 2 is 1.05 bits per heavy atom. The Labute approximate surface area is 142 Å². The first-order valence-corrected chi connectivity index (χ1v) is 9.74. The fourth-order valence-electron chi connectivity index (χ4n) is 2.50. The van der Waals surface area contributed by atoms with Gasteiger partial charge in [-0.15, -0.1) is 0 Å². The number of rotatable bonds is 10. The average molecular weight is 404 g/mol. The minimum Gasteiger partial charge on any atom is -0.0654 e. The van der Waals surface area contributed by atoms with Crippen molar-refractivity contribution >= 4 is 31.9 Å². The van der Waals surface area contributed by atoms with Crippen LogP contribution >= 0.6 is 31.9 Å². The van der Waals surface area contributed by atoms with Crippen molar-refractivity contribution < 1.29 is 0 Å². The maximum absolute atomic E-state index is 3.75. The summed E-state index contributed by atoms with van der Waals surface area (Å²) in [7, 11) is 0. The van der Waals surface area contributed by atoms with Gasteiger partial charge in [0.15, 0.2) is 0 Å². The van der Waals surface area contributed by atoms with Gasteiger partial charge < -0.3 is 0 Å². The van der Waals surface area contributed by atoms with Crippen LogP contribution in [0.15, 0.2) is 21.1 Å². The van der Waals surface area contributed by atoms with Gasteiger partial charge in [0.1, 0.15) is 0 Å². The third-order valence-electron chi connectivity index (χ3n) is 3.81. The van der Waals surface area contributed by atoms with Crippen molar-refractivity contribution in [1.29, 1.82) is 0 Å². The predicted molar refractivity (Wildman–Crippen MR) is 97.5 cm³/mol. The Hall–Kier alpha value is 0.180. The highest BCUT2D eigenvalue weighted by Gasteiger charge is 2.07. The van der Waals surface area contributed by atoms with E-state index in [4.69, 9.17) is 0 Å². The number of halogens is 2.